The SMILES string of the molecule is NC(=O)N1NC(=C2C=CC=C2)CC1c1nsc(Cl)c1Cl. The molecule has 0 spiro atoms. The van der Waals surface area contributed by atoms with E-state index in [1.807, 2.05) is 24.3 Å². The van der Waals surface area contributed by atoms with E-state index in [1.165, 1.54) is 5.01 Å². The number of carbonyl (C=O) groups is 1. The number of nitrogens with zero attached hydrogens (tertiary/aromatic N) is 2. The Morgan fingerprint density at radius 2 is 2.15 bits per heavy atom. The Morgan fingerprint density at radius 3 is 2.70 bits per heavy atom. The Morgan fingerprint density at radius 1 is 1.45 bits per heavy atom. The number of primary amides is 1. The fraction of sp³-hybridized carbons (Fsp3) is 0.167. The zero-order valence-electron chi connectivity index (χ0n) is 10.1. The Kier molecular flexibility index (Phi) is 3.45. The molecule has 0 bridgehead atoms. The van der Waals surface area contributed by atoms with Crippen molar-refractivity contribution in [1.29, 1.82) is 0 Å². The predicted molar refractivity (Wildman–Crippen MR) is 79.4 cm³/mol. The molecule has 5 nitrogen and oxygen atoms in total. The first-order valence-electron chi connectivity index (χ1n) is 5.81. The average Bonchev–Trinajstić information content (AvgIpc) is 3.10. The van der Waals surface area contributed by atoms with Crippen molar-refractivity contribution >= 4 is 40.8 Å². The molecule has 3 rings (SSSR count). The van der Waals surface area contributed by atoms with Crippen molar-refractivity contribution in [3.8, 4) is 0 Å². The summed E-state index contributed by atoms with van der Waals surface area (Å²) in [6.45, 7) is 0. The maximum atomic E-state index is 11.6. The van der Waals surface area contributed by atoms with Gasteiger partial charge in [0.1, 0.15) is 10.4 Å². The number of hydrogen-bond acceptors (Lipinski definition) is 4. The van der Waals surface area contributed by atoms with E-state index >= 15 is 0 Å². The molecular formula is C12H10Cl2N4OS. The van der Waals surface area contributed by atoms with Crippen LogP contribution in [0.2, 0.25) is 9.36 Å². The highest BCUT2D eigenvalue weighted by Crippen LogP contribution is 2.40. The molecule has 1 aromatic rings. The van der Waals surface area contributed by atoms with Gasteiger partial charge in [0.05, 0.1) is 10.7 Å². The molecule has 20 heavy (non-hydrogen) atoms. The lowest BCUT2D eigenvalue weighted by Crippen LogP contribution is -2.42. The summed E-state index contributed by atoms with van der Waals surface area (Å²) in [6, 6.07) is -0.939. The quantitative estimate of drug-likeness (QED) is 0.831. The second kappa shape index (κ2) is 5.12. The van der Waals surface area contributed by atoms with Crippen LogP contribution in [0.5, 0.6) is 0 Å². The van der Waals surface area contributed by atoms with Gasteiger partial charge in [0.25, 0.3) is 0 Å². The van der Waals surface area contributed by atoms with Gasteiger partial charge in [-0.1, -0.05) is 47.5 Å². The van der Waals surface area contributed by atoms with E-state index in [0.717, 1.165) is 22.8 Å². The van der Waals surface area contributed by atoms with Crippen LogP contribution in [0.4, 0.5) is 4.79 Å². The molecule has 1 fully saturated rings. The number of allylic oxidation sites excluding steroid dienone is 5. The maximum Gasteiger partial charge on any atom is 0.334 e. The van der Waals surface area contributed by atoms with Crippen LogP contribution < -0.4 is 11.2 Å². The first-order chi connectivity index (χ1) is 9.58. The molecule has 0 radical (unpaired) electrons. The van der Waals surface area contributed by atoms with Gasteiger partial charge in [-0.2, -0.15) is 4.37 Å². The molecule has 1 aliphatic carbocycles. The van der Waals surface area contributed by atoms with Crippen LogP contribution >= 0.6 is 34.7 Å². The molecule has 1 aromatic heterocycles. The van der Waals surface area contributed by atoms with Crippen molar-refractivity contribution < 1.29 is 4.79 Å². The van der Waals surface area contributed by atoms with E-state index in [0.29, 0.717) is 21.5 Å². The summed E-state index contributed by atoms with van der Waals surface area (Å²) in [4.78, 5) is 11.6. The van der Waals surface area contributed by atoms with Crippen molar-refractivity contribution in [2.75, 3.05) is 0 Å². The van der Waals surface area contributed by atoms with Gasteiger partial charge in [0.15, 0.2) is 0 Å². The average molecular weight is 329 g/mol. The Balaban J connectivity index is 1.99. The number of halogens is 2. The molecule has 2 heterocycles. The van der Waals surface area contributed by atoms with Crippen LogP contribution in [0.3, 0.4) is 0 Å². The first-order valence-corrected chi connectivity index (χ1v) is 7.34. The van der Waals surface area contributed by atoms with Crippen molar-refractivity contribution in [2.24, 2.45) is 5.73 Å². The van der Waals surface area contributed by atoms with E-state index in [9.17, 15) is 4.79 Å². The summed E-state index contributed by atoms with van der Waals surface area (Å²) in [5.74, 6) is 0. The fourth-order valence-corrected chi connectivity index (χ4v) is 3.31. The molecule has 3 N–H and O–H groups in total. The number of aromatic nitrogens is 1. The van der Waals surface area contributed by atoms with E-state index < -0.39 is 6.03 Å². The van der Waals surface area contributed by atoms with E-state index in [2.05, 4.69) is 9.80 Å². The van der Waals surface area contributed by atoms with Crippen molar-refractivity contribution in [2.45, 2.75) is 12.5 Å². The van der Waals surface area contributed by atoms with E-state index in [4.69, 9.17) is 28.9 Å². The Labute approximate surface area is 129 Å². The number of amides is 2. The number of nitrogens with two attached hydrogens (primary N) is 1. The van der Waals surface area contributed by atoms with Crippen LogP contribution in [0.1, 0.15) is 18.2 Å². The van der Waals surface area contributed by atoms with Crippen LogP contribution in [-0.2, 0) is 0 Å². The van der Waals surface area contributed by atoms with E-state index in [-0.39, 0.29) is 6.04 Å². The molecule has 0 aromatic carbocycles. The minimum atomic E-state index is -0.586. The third-order valence-electron chi connectivity index (χ3n) is 3.15. The van der Waals surface area contributed by atoms with Crippen molar-refractivity contribution in [3.63, 3.8) is 0 Å². The summed E-state index contributed by atoms with van der Waals surface area (Å²) in [6.07, 6.45) is 8.34. The molecule has 8 heteroatoms. The highest BCUT2D eigenvalue weighted by atomic mass is 35.5. The van der Waals surface area contributed by atoms with E-state index in [1.54, 1.807) is 0 Å². The Bertz CT molecular complexity index is 650. The van der Waals surface area contributed by atoms with Gasteiger partial charge in [-0.05, 0) is 17.1 Å². The maximum absolute atomic E-state index is 11.6. The zero-order valence-corrected chi connectivity index (χ0v) is 12.5. The lowest BCUT2D eigenvalue weighted by Gasteiger charge is -2.20. The molecule has 1 unspecified atom stereocenters. The predicted octanol–water partition coefficient (Wildman–Crippen LogP) is 3.16. The van der Waals surface area contributed by atoms with Gasteiger partial charge in [0.2, 0.25) is 0 Å². The van der Waals surface area contributed by atoms with Gasteiger partial charge in [-0.3, -0.25) is 5.43 Å². The van der Waals surface area contributed by atoms with Crippen LogP contribution in [0.25, 0.3) is 0 Å². The third-order valence-corrected chi connectivity index (χ3v) is 4.79. The molecule has 2 amide bonds. The van der Waals surface area contributed by atoms with Gasteiger partial charge in [-0.15, -0.1) is 0 Å². The molecule has 0 saturated carbocycles. The molecule has 104 valence electrons. The zero-order chi connectivity index (χ0) is 14.3. The highest BCUT2D eigenvalue weighted by Gasteiger charge is 2.36. The molecular weight excluding hydrogens is 319 g/mol. The molecule has 1 aliphatic heterocycles. The van der Waals surface area contributed by atoms with Gasteiger partial charge >= 0.3 is 6.03 Å². The van der Waals surface area contributed by atoms with Crippen molar-refractivity contribution in [1.82, 2.24) is 14.8 Å². The number of hydrogen-bond donors (Lipinski definition) is 2. The van der Waals surface area contributed by atoms with Gasteiger partial charge in [0, 0.05) is 12.1 Å². The van der Waals surface area contributed by atoms with Crippen LogP contribution in [0, 0.1) is 0 Å². The monoisotopic (exact) mass is 328 g/mol. The number of rotatable bonds is 1. The lowest BCUT2D eigenvalue weighted by molar-refractivity contribution is 0.180. The minimum Gasteiger partial charge on any atom is -0.350 e. The summed E-state index contributed by atoms with van der Waals surface area (Å²) in [7, 11) is 0. The largest absolute Gasteiger partial charge is 0.350 e. The molecule has 2 aliphatic rings. The first kappa shape index (κ1) is 13.5. The second-order valence-electron chi connectivity index (χ2n) is 4.35. The summed E-state index contributed by atoms with van der Waals surface area (Å²) < 4.78 is 4.63. The summed E-state index contributed by atoms with van der Waals surface area (Å²) in [5.41, 5.74) is 10.9. The third kappa shape index (κ3) is 2.19. The molecule has 1 atom stereocenters. The number of nitrogens with one attached hydrogen (secondary N) is 1. The number of urea groups is 1. The van der Waals surface area contributed by atoms with Gasteiger partial charge < -0.3 is 5.73 Å². The minimum absolute atomic E-state index is 0.353. The Hall–Kier alpha value is -1.50. The smallest absolute Gasteiger partial charge is 0.334 e. The molecule has 1 saturated heterocycles. The number of hydrazine groups is 1. The highest BCUT2D eigenvalue weighted by molar-refractivity contribution is 7.11. The topological polar surface area (TPSA) is 71.2 Å². The fourth-order valence-electron chi connectivity index (χ4n) is 2.22. The van der Waals surface area contributed by atoms with Crippen LogP contribution in [-0.4, -0.2) is 15.4 Å². The summed E-state index contributed by atoms with van der Waals surface area (Å²) >= 11 is 13.2. The normalized spacial score (nSPS) is 20.9. The number of carbonyl (C=O) groups excluding carboxylic acids is 1. The lowest BCUT2D eigenvalue weighted by atomic mass is 10.1. The second-order valence-corrected chi connectivity index (χ2v) is 6.10. The summed E-state index contributed by atoms with van der Waals surface area (Å²) in [5, 5.41) is 1.71. The van der Waals surface area contributed by atoms with Crippen molar-refractivity contribution in [3.05, 3.63) is 50.6 Å². The van der Waals surface area contributed by atoms with Crippen LogP contribution in [0.15, 0.2) is 35.6 Å². The van der Waals surface area contributed by atoms with Gasteiger partial charge in [-0.25, -0.2) is 9.80 Å². The standard InChI is InChI=1S/C12H10Cl2N4OS/c13-9-10(17-20-11(9)14)8-5-7(6-3-1-2-4-6)16-18(8)12(15)19/h1-4,8,16H,5H2,(H2,15,19).